The lowest BCUT2D eigenvalue weighted by molar-refractivity contribution is 0.685. The van der Waals surface area contributed by atoms with Crippen LogP contribution in [0.3, 0.4) is 0 Å². The molecule has 32 valence electrons. The molecule has 0 aliphatic carbocycles. The minimum Gasteiger partial charge on any atom is -0.252 e. The van der Waals surface area contributed by atoms with Crippen LogP contribution in [0.1, 0.15) is 6.92 Å². The van der Waals surface area contributed by atoms with Gasteiger partial charge in [-0.05, 0) is 0 Å². The molecular formula is C2H7NOS. The van der Waals surface area contributed by atoms with Crippen molar-refractivity contribution >= 4 is 11.0 Å². The first-order valence-corrected chi connectivity index (χ1v) is 2.78. The van der Waals surface area contributed by atoms with Crippen LogP contribution < -0.4 is 5.14 Å². The third kappa shape index (κ3) is 4.11. The van der Waals surface area contributed by atoms with Crippen LogP contribution >= 0.6 is 0 Å². The van der Waals surface area contributed by atoms with E-state index < -0.39 is 11.0 Å². The van der Waals surface area contributed by atoms with Gasteiger partial charge in [0.05, 0.1) is 11.0 Å². The maximum Gasteiger partial charge on any atom is 0.0885 e. The van der Waals surface area contributed by atoms with Crippen LogP contribution in [0.4, 0.5) is 0 Å². The summed E-state index contributed by atoms with van der Waals surface area (Å²) < 4.78 is 9.70. The molecule has 0 heterocycles. The Bertz CT molecular complexity index is 44.9. The van der Waals surface area contributed by atoms with Crippen molar-refractivity contribution in [3.8, 4) is 0 Å². The van der Waals surface area contributed by atoms with Crippen LogP contribution in [-0.2, 0) is 11.0 Å². The molecule has 2 N–H and O–H groups in total. The topological polar surface area (TPSA) is 43.1 Å². The molecule has 0 radical (unpaired) electrons. The first-order valence-electron chi connectivity index (χ1n) is 1.40. The summed E-state index contributed by atoms with van der Waals surface area (Å²) in [6.07, 6.45) is 0. The fraction of sp³-hybridized carbons (Fsp3) is 1.00. The molecule has 0 unspecified atom stereocenters. The molecule has 0 saturated heterocycles. The van der Waals surface area contributed by atoms with E-state index in [0.29, 0.717) is 5.75 Å². The monoisotopic (exact) mass is 93.0 g/mol. The van der Waals surface area contributed by atoms with Crippen molar-refractivity contribution in [3.05, 3.63) is 0 Å². The molecule has 0 aliphatic rings. The second-order valence-electron chi connectivity index (χ2n) is 0.669. The van der Waals surface area contributed by atoms with E-state index in [0.717, 1.165) is 0 Å². The summed E-state index contributed by atoms with van der Waals surface area (Å²) >= 11 is 0. The third-order valence-corrected chi connectivity index (χ3v) is 0.854. The van der Waals surface area contributed by atoms with Gasteiger partial charge in [-0.3, -0.25) is 5.14 Å². The Balaban J connectivity index is 2.85. The summed E-state index contributed by atoms with van der Waals surface area (Å²) in [7, 11) is -1.07. The molecule has 0 aliphatic heterocycles. The molecule has 0 bridgehead atoms. The molecule has 0 spiro atoms. The fourth-order valence-electron chi connectivity index (χ4n) is 0. The summed E-state index contributed by atoms with van der Waals surface area (Å²) in [5.41, 5.74) is 0. The van der Waals surface area contributed by atoms with E-state index in [-0.39, 0.29) is 0 Å². The van der Waals surface area contributed by atoms with Gasteiger partial charge in [0.1, 0.15) is 0 Å². The lowest BCUT2D eigenvalue weighted by atomic mass is 11.0. The summed E-state index contributed by atoms with van der Waals surface area (Å²) in [4.78, 5) is 0. The number of nitrogens with two attached hydrogens (primary N) is 1. The zero-order valence-corrected chi connectivity index (χ0v) is 3.92. The number of hydrogen-bond acceptors (Lipinski definition) is 1. The minimum atomic E-state index is -1.07. The third-order valence-electron chi connectivity index (χ3n) is 0.285. The highest BCUT2D eigenvalue weighted by Gasteiger charge is 1.73. The number of hydrogen-bond donors (Lipinski definition) is 1. The van der Waals surface area contributed by atoms with Crippen molar-refractivity contribution in [1.29, 1.82) is 0 Å². The van der Waals surface area contributed by atoms with Gasteiger partial charge in [0.15, 0.2) is 0 Å². The molecule has 0 fully saturated rings. The summed E-state index contributed by atoms with van der Waals surface area (Å²) in [6.45, 7) is 1.77. The Morgan fingerprint density at radius 2 is 2.20 bits per heavy atom. The highest BCUT2D eigenvalue weighted by atomic mass is 32.2. The highest BCUT2D eigenvalue weighted by Crippen LogP contribution is 1.58. The van der Waals surface area contributed by atoms with Crippen LogP contribution in [0.25, 0.3) is 0 Å². The van der Waals surface area contributed by atoms with Crippen LogP contribution in [0.15, 0.2) is 0 Å². The van der Waals surface area contributed by atoms with Crippen LogP contribution in [0, 0.1) is 0 Å². The first kappa shape index (κ1) is 5.11. The van der Waals surface area contributed by atoms with Gasteiger partial charge in [0.25, 0.3) is 0 Å². The largest absolute Gasteiger partial charge is 0.252 e. The lowest BCUT2D eigenvalue weighted by Gasteiger charge is -1.75. The van der Waals surface area contributed by atoms with Crippen LogP contribution in [0.2, 0.25) is 0 Å². The molecule has 0 rings (SSSR count). The quantitative estimate of drug-likeness (QED) is 0.472. The van der Waals surface area contributed by atoms with Crippen molar-refractivity contribution in [2.75, 3.05) is 5.75 Å². The van der Waals surface area contributed by atoms with E-state index in [1.807, 2.05) is 0 Å². The molecule has 1 atom stereocenters. The smallest absolute Gasteiger partial charge is 0.0885 e. The molecule has 0 aromatic rings. The Labute approximate surface area is 34.0 Å². The normalized spacial score (nSPS) is 14.8. The lowest BCUT2D eigenvalue weighted by Crippen LogP contribution is -2.02. The van der Waals surface area contributed by atoms with Gasteiger partial charge in [-0.15, -0.1) is 0 Å². The molecule has 0 amide bonds. The van der Waals surface area contributed by atoms with Gasteiger partial charge in [0.2, 0.25) is 0 Å². The summed E-state index contributed by atoms with van der Waals surface area (Å²) in [5.74, 6) is 0.556. The van der Waals surface area contributed by atoms with E-state index in [1.165, 1.54) is 0 Å². The Morgan fingerprint density at radius 1 is 2.00 bits per heavy atom. The van der Waals surface area contributed by atoms with Gasteiger partial charge in [-0.2, -0.15) is 0 Å². The van der Waals surface area contributed by atoms with Gasteiger partial charge in [-0.1, -0.05) is 6.92 Å². The standard InChI is InChI=1S/C2H7NOS/c1-2-5(3)4/h2-3H2,1H3/t5-/m1/s1. The van der Waals surface area contributed by atoms with E-state index in [9.17, 15) is 4.21 Å². The summed E-state index contributed by atoms with van der Waals surface area (Å²) in [6, 6.07) is 0. The molecule has 3 heteroatoms. The maximum atomic E-state index is 9.70. The Kier molecular flexibility index (Phi) is 2.41. The number of rotatable bonds is 1. The van der Waals surface area contributed by atoms with Crippen LogP contribution in [-0.4, -0.2) is 9.96 Å². The second kappa shape index (κ2) is 2.35. The molecule has 5 heavy (non-hydrogen) atoms. The Hall–Kier alpha value is 0.110. The predicted octanol–water partition coefficient (Wildman–Crippen LogP) is -0.371. The Morgan fingerprint density at radius 3 is 2.20 bits per heavy atom. The van der Waals surface area contributed by atoms with E-state index in [1.54, 1.807) is 6.92 Å². The summed E-state index contributed by atoms with van der Waals surface area (Å²) in [5, 5.41) is 4.76. The molecule has 2 nitrogen and oxygen atoms in total. The van der Waals surface area contributed by atoms with Crippen molar-refractivity contribution in [2.24, 2.45) is 5.14 Å². The van der Waals surface area contributed by atoms with Crippen molar-refractivity contribution in [3.63, 3.8) is 0 Å². The second-order valence-corrected chi connectivity index (χ2v) is 2.01. The zero-order chi connectivity index (χ0) is 4.28. The van der Waals surface area contributed by atoms with Crippen LogP contribution in [0.5, 0.6) is 0 Å². The van der Waals surface area contributed by atoms with Gasteiger partial charge < -0.3 is 0 Å². The van der Waals surface area contributed by atoms with Crippen molar-refractivity contribution < 1.29 is 4.21 Å². The van der Waals surface area contributed by atoms with Gasteiger partial charge in [-0.25, -0.2) is 4.21 Å². The highest BCUT2D eigenvalue weighted by molar-refractivity contribution is 7.82. The molecule has 0 aromatic heterocycles. The van der Waals surface area contributed by atoms with Crippen molar-refractivity contribution in [2.45, 2.75) is 6.92 Å². The van der Waals surface area contributed by atoms with E-state index in [2.05, 4.69) is 0 Å². The van der Waals surface area contributed by atoms with Gasteiger partial charge in [0, 0.05) is 5.75 Å². The fourth-order valence-corrected chi connectivity index (χ4v) is 0. The molecular weight excluding hydrogens is 86.1 g/mol. The van der Waals surface area contributed by atoms with Crippen molar-refractivity contribution in [1.82, 2.24) is 0 Å². The average Bonchev–Trinajstić information content (AvgIpc) is 1.38. The predicted molar refractivity (Wildman–Crippen MR) is 22.9 cm³/mol. The van der Waals surface area contributed by atoms with E-state index in [4.69, 9.17) is 5.14 Å². The SMILES string of the molecule is CC[S@](N)=O. The van der Waals surface area contributed by atoms with E-state index >= 15 is 0 Å². The molecule has 0 aromatic carbocycles. The zero-order valence-electron chi connectivity index (χ0n) is 3.10. The molecule has 0 saturated carbocycles. The van der Waals surface area contributed by atoms with Gasteiger partial charge >= 0.3 is 0 Å². The minimum absolute atomic E-state index is 0.556. The average molecular weight is 93.2 g/mol. The first-order chi connectivity index (χ1) is 2.27. The maximum absolute atomic E-state index is 9.70.